The maximum Gasteiger partial charge on any atom is 0.0362 e. The fourth-order valence-corrected chi connectivity index (χ4v) is 6.03. The Hall–Kier alpha value is -0.0800. The zero-order valence-corrected chi connectivity index (χ0v) is 14.4. The molecule has 0 radical (unpaired) electrons. The summed E-state index contributed by atoms with van der Waals surface area (Å²) >= 11 is 0. The summed E-state index contributed by atoms with van der Waals surface area (Å²) in [6.07, 6.45) is 14.4. The first kappa shape index (κ1) is 15.8. The Morgan fingerprint density at radius 3 is 2.14 bits per heavy atom. The number of likely N-dealkylation sites (tertiary alicyclic amines) is 1. The molecule has 2 unspecified atom stereocenters. The van der Waals surface area contributed by atoms with Gasteiger partial charge in [-0.05, 0) is 68.9 Å². The minimum Gasteiger partial charge on any atom is -0.329 e. The van der Waals surface area contributed by atoms with Crippen LogP contribution < -0.4 is 5.73 Å². The first-order valence-electron chi connectivity index (χ1n) is 9.57. The molecule has 0 amide bonds. The van der Waals surface area contributed by atoms with E-state index in [9.17, 15) is 0 Å². The lowest BCUT2D eigenvalue weighted by molar-refractivity contribution is -0.0472. The van der Waals surface area contributed by atoms with Gasteiger partial charge in [0.1, 0.15) is 0 Å². The van der Waals surface area contributed by atoms with Crippen LogP contribution in [0.4, 0.5) is 0 Å². The van der Waals surface area contributed by atoms with Gasteiger partial charge in [-0.1, -0.05) is 39.5 Å². The van der Waals surface area contributed by atoms with Crippen LogP contribution in [0.2, 0.25) is 0 Å². The van der Waals surface area contributed by atoms with E-state index in [-0.39, 0.29) is 0 Å². The molecule has 0 aromatic heterocycles. The third-order valence-electron chi connectivity index (χ3n) is 7.34. The van der Waals surface area contributed by atoms with Gasteiger partial charge < -0.3 is 5.73 Å². The first-order valence-corrected chi connectivity index (χ1v) is 9.57. The van der Waals surface area contributed by atoms with E-state index in [0.717, 1.165) is 23.8 Å². The summed E-state index contributed by atoms with van der Waals surface area (Å²) in [5.41, 5.74) is 7.46. The van der Waals surface area contributed by atoms with Crippen LogP contribution in [-0.4, -0.2) is 30.1 Å². The van der Waals surface area contributed by atoms with Crippen LogP contribution in [0.15, 0.2) is 0 Å². The van der Waals surface area contributed by atoms with E-state index in [1.165, 1.54) is 77.3 Å². The Bertz CT molecular complexity index is 335. The van der Waals surface area contributed by atoms with Crippen LogP contribution in [0.5, 0.6) is 0 Å². The minimum absolute atomic E-state index is 0.326. The van der Waals surface area contributed by atoms with Crippen LogP contribution >= 0.6 is 0 Å². The second-order valence-electron chi connectivity index (χ2n) is 8.60. The summed E-state index contributed by atoms with van der Waals surface area (Å²) in [6, 6.07) is 0. The van der Waals surface area contributed by atoms with E-state index < -0.39 is 0 Å². The standard InChI is InChI=1S/C19H36N2/c1-16(2)17-7-3-4-10-19(17,15-20)21-13-11-18(12-14-21)8-5-6-9-18/h16-17H,3-15,20H2,1-2H3. The Kier molecular flexibility index (Phi) is 4.66. The third-order valence-corrected chi connectivity index (χ3v) is 7.34. The van der Waals surface area contributed by atoms with Gasteiger partial charge in [0.05, 0.1) is 0 Å². The molecule has 0 bridgehead atoms. The van der Waals surface area contributed by atoms with Crippen LogP contribution in [0.3, 0.4) is 0 Å². The molecule has 1 saturated heterocycles. The van der Waals surface area contributed by atoms with E-state index >= 15 is 0 Å². The largest absolute Gasteiger partial charge is 0.329 e. The average Bonchev–Trinajstić information content (AvgIpc) is 2.96. The number of nitrogens with two attached hydrogens (primary N) is 1. The molecule has 0 aromatic rings. The van der Waals surface area contributed by atoms with Gasteiger partial charge in [-0.3, -0.25) is 4.90 Å². The van der Waals surface area contributed by atoms with Crippen molar-refractivity contribution < 1.29 is 0 Å². The molecule has 2 aliphatic carbocycles. The quantitative estimate of drug-likeness (QED) is 0.845. The van der Waals surface area contributed by atoms with Crippen molar-refractivity contribution in [1.82, 2.24) is 4.90 Å². The number of piperidine rings is 1. The molecule has 122 valence electrons. The summed E-state index contributed by atoms with van der Waals surface area (Å²) in [7, 11) is 0. The second kappa shape index (κ2) is 6.20. The van der Waals surface area contributed by atoms with Gasteiger partial charge in [0, 0.05) is 12.1 Å². The van der Waals surface area contributed by atoms with Crippen molar-refractivity contribution in [3.8, 4) is 0 Å². The Labute approximate surface area is 131 Å². The summed E-state index contributed by atoms with van der Waals surface area (Å²) < 4.78 is 0. The number of rotatable bonds is 3. The monoisotopic (exact) mass is 292 g/mol. The van der Waals surface area contributed by atoms with Crippen LogP contribution in [0.25, 0.3) is 0 Å². The van der Waals surface area contributed by atoms with E-state index in [1.807, 2.05) is 0 Å². The molecule has 2 atom stereocenters. The average molecular weight is 293 g/mol. The lowest BCUT2D eigenvalue weighted by atomic mass is 9.65. The summed E-state index contributed by atoms with van der Waals surface area (Å²) in [4.78, 5) is 2.85. The van der Waals surface area contributed by atoms with E-state index in [1.54, 1.807) is 0 Å². The molecule has 1 aliphatic heterocycles. The smallest absolute Gasteiger partial charge is 0.0362 e. The fourth-order valence-electron chi connectivity index (χ4n) is 6.03. The third kappa shape index (κ3) is 2.79. The second-order valence-corrected chi connectivity index (χ2v) is 8.60. The molecule has 21 heavy (non-hydrogen) atoms. The van der Waals surface area contributed by atoms with Crippen molar-refractivity contribution in [2.75, 3.05) is 19.6 Å². The topological polar surface area (TPSA) is 29.3 Å². The van der Waals surface area contributed by atoms with Gasteiger partial charge in [0.15, 0.2) is 0 Å². The van der Waals surface area contributed by atoms with Crippen molar-refractivity contribution in [1.29, 1.82) is 0 Å². The molecule has 0 aromatic carbocycles. The van der Waals surface area contributed by atoms with Gasteiger partial charge in [0.2, 0.25) is 0 Å². The molecule has 3 fully saturated rings. The van der Waals surface area contributed by atoms with E-state index in [4.69, 9.17) is 5.73 Å². The summed E-state index contributed by atoms with van der Waals surface area (Å²) in [6.45, 7) is 8.36. The maximum absolute atomic E-state index is 6.40. The zero-order chi connectivity index (χ0) is 14.9. The van der Waals surface area contributed by atoms with Crippen LogP contribution in [0, 0.1) is 17.3 Å². The van der Waals surface area contributed by atoms with Crippen molar-refractivity contribution in [3.63, 3.8) is 0 Å². The van der Waals surface area contributed by atoms with Gasteiger partial charge in [0.25, 0.3) is 0 Å². The van der Waals surface area contributed by atoms with Crippen molar-refractivity contribution >= 4 is 0 Å². The van der Waals surface area contributed by atoms with Crippen molar-refractivity contribution in [2.24, 2.45) is 23.0 Å². The van der Waals surface area contributed by atoms with Gasteiger partial charge in [-0.25, -0.2) is 0 Å². The highest BCUT2D eigenvalue weighted by Crippen LogP contribution is 2.49. The van der Waals surface area contributed by atoms with Gasteiger partial charge in [-0.15, -0.1) is 0 Å². The van der Waals surface area contributed by atoms with Crippen molar-refractivity contribution in [3.05, 3.63) is 0 Å². The van der Waals surface area contributed by atoms with Gasteiger partial charge >= 0.3 is 0 Å². The Morgan fingerprint density at radius 1 is 0.952 bits per heavy atom. The summed E-state index contributed by atoms with van der Waals surface area (Å²) in [5, 5.41) is 0. The van der Waals surface area contributed by atoms with E-state index in [2.05, 4.69) is 18.7 Å². The number of hydrogen-bond donors (Lipinski definition) is 1. The SMILES string of the molecule is CC(C)C1CCCCC1(CN)N1CCC2(CCCC2)CC1. The Morgan fingerprint density at radius 2 is 1.57 bits per heavy atom. The molecule has 2 saturated carbocycles. The van der Waals surface area contributed by atoms with Crippen LogP contribution in [-0.2, 0) is 0 Å². The predicted octanol–water partition coefficient (Wildman–Crippen LogP) is 4.19. The molecule has 3 rings (SSSR count). The first-order chi connectivity index (χ1) is 10.1. The fraction of sp³-hybridized carbons (Fsp3) is 1.00. The van der Waals surface area contributed by atoms with Crippen LogP contribution in [0.1, 0.15) is 78.1 Å². The summed E-state index contributed by atoms with van der Waals surface area (Å²) in [5.74, 6) is 1.59. The minimum atomic E-state index is 0.326. The highest BCUT2D eigenvalue weighted by Gasteiger charge is 2.48. The highest BCUT2D eigenvalue weighted by molar-refractivity contribution is 5.03. The lowest BCUT2D eigenvalue weighted by Gasteiger charge is -2.56. The van der Waals surface area contributed by atoms with Gasteiger partial charge in [-0.2, -0.15) is 0 Å². The highest BCUT2D eigenvalue weighted by atomic mass is 15.2. The molecule has 3 aliphatic rings. The lowest BCUT2D eigenvalue weighted by Crippen LogP contribution is -2.63. The molecular formula is C19H36N2. The Balaban J connectivity index is 1.73. The molecule has 2 N–H and O–H groups in total. The van der Waals surface area contributed by atoms with E-state index in [0.29, 0.717) is 5.54 Å². The molecule has 2 nitrogen and oxygen atoms in total. The number of nitrogens with zero attached hydrogens (tertiary/aromatic N) is 1. The predicted molar refractivity (Wildman–Crippen MR) is 90.3 cm³/mol. The normalized spacial score (nSPS) is 37.4. The molecule has 2 heteroatoms. The number of hydrogen-bond acceptors (Lipinski definition) is 2. The zero-order valence-electron chi connectivity index (χ0n) is 14.4. The molecule has 1 spiro atoms. The molecule has 1 heterocycles. The maximum atomic E-state index is 6.40. The van der Waals surface area contributed by atoms with Crippen molar-refractivity contribution in [2.45, 2.75) is 83.6 Å². The molecular weight excluding hydrogens is 256 g/mol.